The van der Waals surface area contributed by atoms with Crippen LogP contribution in [0.2, 0.25) is 0 Å². The molecule has 2 aromatic carbocycles. The second-order valence-corrected chi connectivity index (χ2v) is 7.43. The predicted octanol–water partition coefficient (Wildman–Crippen LogP) is 1.53. The van der Waals surface area contributed by atoms with E-state index in [0.29, 0.717) is 22.6 Å². The highest BCUT2D eigenvalue weighted by atomic mass is 16.5. The molecule has 0 saturated carbocycles. The number of hydrogen-bond acceptors (Lipinski definition) is 8. The Morgan fingerprint density at radius 1 is 1.17 bits per heavy atom. The molecule has 0 aliphatic carbocycles. The van der Waals surface area contributed by atoms with Crippen molar-refractivity contribution in [2.24, 2.45) is 5.73 Å². The van der Waals surface area contributed by atoms with E-state index in [2.05, 4.69) is 5.32 Å². The molecule has 35 heavy (non-hydrogen) atoms. The SMILES string of the molecule is COc1cccc(C=C2Oc3cc(OCC(=O)NC(CCC(N)=O)C(=O)O)ccc3C2=O)c1OC. The molecule has 2 amide bonds. The van der Waals surface area contributed by atoms with Crippen LogP contribution in [0.15, 0.2) is 42.2 Å². The van der Waals surface area contributed by atoms with Crippen LogP contribution in [0, 0.1) is 0 Å². The Morgan fingerprint density at radius 2 is 1.94 bits per heavy atom. The smallest absolute Gasteiger partial charge is 0.326 e. The van der Waals surface area contributed by atoms with Crippen molar-refractivity contribution in [3.63, 3.8) is 0 Å². The van der Waals surface area contributed by atoms with Crippen LogP contribution in [-0.2, 0) is 14.4 Å². The Morgan fingerprint density at radius 3 is 2.60 bits per heavy atom. The molecule has 11 heteroatoms. The average molecular weight is 484 g/mol. The van der Waals surface area contributed by atoms with Crippen molar-refractivity contribution in [1.29, 1.82) is 0 Å². The molecule has 0 fully saturated rings. The van der Waals surface area contributed by atoms with Gasteiger partial charge in [-0.3, -0.25) is 14.4 Å². The van der Waals surface area contributed by atoms with Gasteiger partial charge < -0.3 is 35.1 Å². The van der Waals surface area contributed by atoms with E-state index in [1.807, 2.05) is 0 Å². The second kappa shape index (κ2) is 11.1. The lowest BCUT2D eigenvalue weighted by atomic mass is 10.1. The molecular formula is C24H24N2O9. The van der Waals surface area contributed by atoms with Crippen molar-refractivity contribution in [3.05, 3.63) is 53.3 Å². The van der Waals surface area contributed by atoms with Crippen molar-refractivity contribution in [2.75, 3.05) is 20.8 Å². The zero-order valence-electron chi connectivity index (χ0n) is 19.0. The van der Waals surface area contributed by atoms with E-state index in [0.717, 1.165) is 0 Å². The number of fused-ring (bicyclic) bond motifs is 1. The van der Waals surface area contributed by atoms with Crippen molar-refractivity contribution in [3.8, 4) is 23.0 Å². The van der Waals surface area contributed by atoms with Crippen LogP contribution in [0.1, 0.15) is 28.8 Å². The highest BCUT2D eigenvalue weighted by Gasteiger charge is 2.28. The lowest BCUT2D eigenvalue weighted by Crippen LogP contribution is -2.43. The van der Waals surface area contributed by atoms with Gasteiger partial charge in [-0.15, -0.1) is 0 Å². The number of ketones is 1. The van der Waals surface area contributed by atoms with Gasteiger partial charge in [0.2, 0.25) is 11.7 Å². The van der Waals surface area contributed by atoms with Crippen molar-refractivity contribution in [1.82, 2.24) is 5.32 Å². The summed E-state index contributed by atoms with van der Waals surface area (Å²) >= 11 is 0. The van der Waals surface area contributed by atoms with Crippen molar-refractivity contribution >= 4 is 29.6 Å². The van der Waals surface area contributed by atoms with Gasteiger partial charge in [0, 0.05) is 18.1 Å². The Bertz CT molecular complexity index is 1190. The van der Waals surface area contributed by atoms with Crippen LogP contribution >= 0.6 is 0 Å². The quantitative estimate of drug-likeness (QED) is 0.401. The monoisotopic (exact) mass is 484 g/mol. The summed E-state index contributed by atoms with van der Waals surface area (Å²) in [6.45, 7) is -0.489. The first-order valence-electron chi connectivity index (χ1n) is 10.5. The molecule has 184 valence electrons. The summed E-state index contributed by atoms with van der Waals surface area (Å²) in [5.41, 5.74) is 5.92. The second-order valence-electron chi connectivity index (χ2n) is 7.43. The largest absolute Gasteiger partial charge is 0.493 e. The fraction of sp³-hybridized carbons (Fsp3) is 0.250. The number of carboxylic acid groups (broad SMARTS) is 1. The number of para-hydroxylation sites is 1. The van der Waals surface area contributed by atoms with Gasteiger partial charge in [0.25, 0.3) is 5.91 Å². The van der Waals surface area contributed by atoms with E-state index >= 15 is 0 Å². The number of aliphatic carboxylic acids is 1. The number of rotatable bonds is 11. The number of nitrogens with one attached hydrogen (secondary N) is 1. The lowest BCUT2D eigenvalue weighted by Gasteiger charge is -2.14. The highest BCUT2D eigenvalue weighted by molar-refractivity contribution is 6.14. The number of methoxy groups -OCH3 is 2. The number of nitrogens with two attached hydrogens (primary N) is 1. The maximum absolute atomic E-state index is 12.8. The summed E-state index contributed by atoms with van der Waals surface area (Å²) in [5, 5.41) is 11.4. The molecule has 0 saturated heterocycles. The van der Waals surface area contributed by atoms with E-state index in [1.165, 1.54) is 38.5 Å². The fourth-order valence-corrected chi connectivity index (χ4v) is 3.35. The number of ether oxygens (including phenoxy) is 4. The number of allylic oxidation sites excluding steroid dienone is 1. The van der Waals surface area contributed by atoms with E-state index in [4.69, 9.17) is 29.8 Å². The van der Waals surface area contributed by atoms with Gasteiger partial charge in [-0.2, -0.15) is 0 Å². The van der Waals surface area contributed by atoms with Gasteiger partial charge in [0.05, 0.1) is 19.8 Å². The molecule has 1 unspecified atom stereocenters. The van der Waals surface area contributed by atoms with Gasteiger partial charge in [0.1, 0.15) is 17.5 Å². The number of primary amides is 1. The molecule has 0 aromatic heterocycles. The molecule has 1 heterocycles. The molecule has 0 spiro atoms. The Balaban J connectivity index is 1.67. The molecule has 2 aromatic rings. The number of carbonyl (C=O) groups is 4. The third-order valence-electron chi connectivity index (χ3n) is 5.04. The van der Waals surface area contributed by atoms with Crippen LogP contribution < -0.4 is 30.0 Å². The minimum Gasteiger partial charge on any atom is -0.493 e. The molecular weight excluding hydrogens is 460 g/mol. The zero-order chi connectivity index (χ0) is 25.5. The number of carboxylic acids is 1. The van der Waals surface area contributed by atoms with E-state index in [9.17, 15) is 19.2 Å². The molecule has 1 atom stereocenters. The third-order valence-corrected chi connectivity index (χ3v) is 5.04. The van der Waals surface area contributed by atoms with Crippen LogP contribution in [0.3, 0.4) is 0 Å². The summed E-state index contributed by atoms with van der Waals surface area (Å²) in [6, 6.07) is 8.39. The van der Waals surface area contributed by atoms with Crippen LogP contribution in [-0.4, -0.2) is 55.5 Å². The maximum Gasteiger partial charge on any atom is 0.326 e. The van der Waals surface area contributed by atoms with Gasteiger partial charge >= 0.3 is 5.97 Å². The minimum absolute atomic E-state index is 0.0696. The fourth-order valence-electron chi connectivity index (χ4n) is 3.35. The van der Waals surface area contributed by atoms with Crippen LogP contribution in [0.4, 0.5) is 0 Å². The average Bonchev–Trinajstić information content (AvgIpc) is 3.14. The number of amides is 2. The Kier molecular flexibility index (Phi) is 7.92. The summed E-state index contributed by atoms with van der Waals surface area (Å²) < 4.78 is 21.8. The van der Waals surface area contributed by atoms with Crippen LogP contribution in [0.25, 0.3) is 6.08 Å². The molecule has 1 aliphatic rings. The van der Waals surface area contributed by atoms with E-state index < -0.39 is 30.4 Å². The van der Waals surface area contributed by atoms with Crippen molar-refractivity contribution in [2.45, 2.75) is 18.9 Å². The topological polar surface area (TPSA) is 163 Å². The molecule has 4 N–H and O–H groups in total. The Hall–Kier alpha value is -4.54. The van der Waals surface area contributed by atoms with Gasteiger partial charge in [-0.05, 0) is 30.7 Å². The molecule has 1 aliphatic heterocycles. The minimum atomic E-state index is -1.30. The van der Waals surface area contributed by atoms with Crippen molar-refractivity contribution < 1.29 is 43.2 Å². The highest BCUT2D eigenvalue weighted by Crippen LogP contribution is 2.37. The number of Topliss-reactive ketones (excluding diaryl/α,β-unsaturated/α-hetero) is 1. The van der Waals surface area contributed by atoms with E-state index in [1.54, 1.807) is 18.2 Å². The summed E-state index contributed by atoms with van der Waals surface area (Å²) in [5.74, 6) is -1.53. The first-order chi connectivity index (χ1) is 16.7. The third kappa shape index (κ3) is 6.08. The normalized spacial score (nSPS) is 14.0. The number of benzene rings is 2. The molecule has 0 radical (unpaired) electrons. The Labute approximate surface area is 200 Å². The summed E-state index contributed by atoms with van der Waals surface area (Å²) in [7, 11) is 2.99. The molecule has 0 bridgehead atoms. The maximum atomic E-state index is 12.8. The number of carbonyl (C=O) groups excluding carboxylic acids is 3. The first kappa shape index (κ1) is 25.1. The van der Waals surface area contributed by atoms with Gasteiger partial charge in [0.15, 0.2) is 23.9 Å². The lowest BCUT2D eigenvalue weighted by molar-refractivity contribution is -0.142. The zero-order valence-corrected chi connectivity index (χ0v) is 19.0. The van der Waals surface area contributed by atoms with Gasteiger partial charge in [-0.1, -0.05) is 12.1 Å². The standard InChI is InChI=1S/C24H24N2O9/c1-32-17-5-3-4-13(23(17)33-2)10-19-22(29)15-7-6-14(11-18(15)35-19)34-12-21(28)26-16(24(30)31)8-9-20(25)27/h3-7,10-11,16H,8-9,12H2,1-2H3,(H2,25,27)(H,26,28)(H,30,31). The summed E-state index contributed by atoms with van der Waals surface area (Å²) in [4.78, 5) is 47.0. The van der Waals surface area contributed by atoms with E-state index in [-0.39, 0.29) is 35.9 Å². The summed E-state index contributed by atoms with van der Waals surface area (Å²) in [6.07, 6.45) is 1.21. The molecule has 11 nitrogen and oxygen atoms in total. The van der Waals surface area contributed by atoms with Gasteiger partial charge in [-0.25, -0.2) is 4.79 Å². The predicted molar refractivity (Wildman–Crippen MR) is 122 cm³/mol. The number of hydrogen-bond donors (Lipinski definition) is 3. The van der Waals surface area contributed by atoms with Crippen LogP contribution in [0.5, 0.6) is 23.0 Å². The molecule has 3 rings (SSSR count). The first-order valence-corrected chi connectivity index (χ1v) is 10.5.